The van der Waals surface area contributed by atoms with Crippen LogP contribution in [0.3, 0.4) is 0 Å². The summed E-state index contributed by atoms with van der Waals surface area (Å²) in [5.74, 6) is 0.995. The first-order chi connectivity index (χ1) is 4.25. The molecule has 0 bridgehead atoms. The molecule has 1 fully saturated rings. The summed E-state index contributed by atoms with van der Waals surface area (Å²) < 4.78 is 0. The fraction of sp³-hybridized carbons (Fsp3) is 1.00. The van der Waals surface area contributed by atoms with Gasteiger partial charge >= 0.3 is 0 Å². The van der Waals surface area contributed by atoms with E-state index in [9.17, 15) is 5.11 Å². The molecule has 0 heterocycles. The van der Waals surface area contributed by atoms with Crippen LogP contribution in [0, 0.1) is 11.8 Å². The van der Waals surface area contributed by atoms with E-state index in [1.165, 1.54) is 0 Å². The molecule has 2 heteroatoms. The monoisotopic (exact) mass is 129 g/mol. The Morgan fingerprint density at radius 2 is 2.22 bits per heavy atom. The van der Waals surface area contributed by atoms with Crippen molar-refractivity contribution in [2.45, 2.75) is 25.9 Å². The molecule has 0 aromatic heterocycles. The molecule has 54 valence electrons. The molecule has 0 unspecified atom stereocenters. The molecule has 1 saturated carbocycles. The van der Waals surface area contributed by atoms with Crippen molar-refractivity contribution >= 4 is 0 Å². The van der Waals surface area contributed by atoms with Gasteiger partial charge in [-0.25, -0.2) is 0 Å². The molecule has 1 aliphatic rings. The topological polar surface area (TPSA) is 46.2 Å². The molecule has 0 radical (unpaired) electrons. The first kappa shape index (κ1) is 7.03. The third-order valence-electron chi connectivity index (χ3n) is 2.49. The highest BCUT2D eigenvalue weighted by atomic mass is 16.3. The fourth-order valence-corrected chi connectivity index (χ4v) is 1.56. The second kappa shape index (κ2) is 2.67. The standard InChI is InChI=1S/C7H15NO/c1-5-6(4-8)2-3-7(5)9/h5-7,9H,2-4,8H2,1H3/t5-,6+,7-/m0/s1. The molecule has 9 heavy (non-hydrogen) atoms. The van der Waals surface area contributed by atoms with Crippen LogP contribution in [0.25, 0.3) is 0 Å². The van der Waals surface area contributed by atoms with Gasteiger partial charge in [-0.2, -0.15) is 0 Å². The lowest BCUT2D eigenvalue weighted by molar-refractivity contribution is 0.128. The van der Waals surface area contributed by atoms with E-state index in [1.807, 2.05) is 0 Å². The summed E-state index contributed by atoms with van der Waals surface area (Å²) >= 11 is 0. The highest BCUT2D eigenvalue weighted by Gasteiger charge is 2.29. The quantitative estimate of drug-likeness (QED) is 0.536. The highest BCUT2D eigenvalue weighted by molar-refractivity contribution is 4.81. The van der Waals surface area contributed by atoms with E-state index in [0.29, 0.717) is 11.8 Å². The molecule has 0 saturated heterocycles. The fourth-order valence-electron chi connectivity index (χ4n) is 1.56. The van der Waals surface area contributed by atoms with Gasteiger partial charge in [-0.15, -0.1) is 0 Å². The summed E-state index contributed by atoms with van der Waals surface area (Å²) in [6.45, 7) is 2.81. The molecule has 0 aromatic rings. The molecule has 3 N–H and O–H groups in total. The number of nitrogens with two attached hydrogens (primary N) is 1. The van der Waals surface area contributed by atoms with Crippen LogP contribution in [0.15, 0.2) is 0 Å². The normalized spacial score (nSPS) is 43.7. The molecule has 0 spiro atoms. The Bertz CT molecular complexity index is 94.9. The Morgan fingerprint density at radius 1 is 1.56 bits per heavy atom. The number of aliphatic hydroxyl groups is 1. The van der Waals surface area contributed by atoms with Gasteiger partial charge in [0.05, 0.1) is 6.10 Å². The summed E-state index contributed by atoms with van der Waals surface area (Å²) in [6.07, 6.45) is 1.97. The lowest BCUT2D eigenvalue weighted by Crippen LogP contribution is -2.21. The summed E-state index contributed by atoms with van der Waals surface area (Å²) in [6, 6.07) is 0. The van der Waals surface area contributed by atoms with Crippen molar-refractivity contribution in [3.05, 3.63) is 0 Å². The summed E-state index contributed by atoms with van der Waals surface area (Å²) in [4.78, 5) is 0. The molecule has 1 aliphatic carbocycles. The van der Waals surface area contributed by atoms with Crippen LogP contribution in [0.1, 0.15) is 19.8 Å². The third kappa shape index (κ3) is 1.25. The maximum Gasteiger partial charge on any atom is 0.0569 e. The number of hydrogen-bond acceptors (Lipinski definition) is 2. The van der Waals surface area contributed by atoms with Crippen molar-refractivity contribution in [3.63, 3.8) is 0 Å². The van der Waals surface area contributed by atoms with Gasteiger partial charge in [-0.3, -0.25) is 0 Å². The van der Waals surface area contributed by atoms with Crippen LogP contribution >= 0.6 is 0 Å². The first-order valence-corrected chi connectivity index (χ1v) is 3.64. The van der Waals surface area contributed by atoms with E-state index in [-0.39, 0.29) is 6.10 Å². The van der Waals surface area contributed by atoms with Crippen molar-refractivity contribution in [2.75, 3.05) is 6.54 Å². The average molecular weight is 129 g/mol. The minimum atomic E-state index is -0.0847. The lowest BCUT2D eigenvalue weighted by atomic mass is 9.97. The largest absolute Gasteiger partial charge is 0.393 e. The van der Waals surface area contributed by atoms with Crippen molar-refractivity contribution in [3.8, 4) is 0 Å². The predicted octanol–water partition coefficient (Wildman–Crippen LogP) is 0.352. The van der Waals surface area contributed by atoms with Crippen LogP contribution in [0.2, 0.25) is 0 Å². The van der Waals surface area contributed by atoms with Crippen LogP contribution in [-0.2, 0) is 0 Å². The molecular weight excluding hydrogens is 114 g/mol. The summed E-state index contributed by atoms with van der Waals surface area (Å²) in [7, 11) is 0. The minimum absolute atomic E-state index is 0.0847. The zero-order chi connectivity index (χ0) is 6.85. The molecule has 0 amide bonds. The second-order valence-corrected chi connectivity index (χ2v) is 3.00. The molecule has 3 atom stereocenters. The Balaban J connectivity index is 2.41. The molecule has 0 aliphatic heterocycles. The van der Waals surface area contributed by atoms with E-state index >= 15 is 0 Å². The third-order valence-corrected chi connectivity index (χ3v) is 2.49. The number of rotatable bonds is 1. The van der Waals surface area contributed by atoms with Crippen molar-refractivity contribution < 1.29 is 5.11 Å². The lowest BCUT2D eigenvalue weighted by Gasteiger charge is -2.14. The van der Waals surface area contributed by atoms with Gasteiger partial charge in [-0.1, -0.05) is 6.92 Å². The minimum Gasteiger partial charge on any atom is -0.393 e. The smallest absolute Gasteiger partial charge is 0.0569 e. The zero-order valence-electron chi connectivity index (χ0n) is 5.88. The maximum absolute atomic E-state index is 9.24. The van der Waals surface area contributed by atoms with Gasteiger partial charge in [0.1, 0.15) is 0 Å². The van der Waals surface area contributed by atoms with Crippen LogP contribution in [0.4, 0.5) is 0 Å². The number of aliphatic hydroxyl groups excluding tert-OH is 1. The summed E-state index contributed by atoms with van der Waals surface area (Å²) in [5.41, 5.74) is 5.48. The van der Waals surface area contributed by atoms with Crippen LogP contribution in [0.5, 0.6) is 0 Å². The van der Waals surface area contributed by atoms with Gasteiger partial charge in [0.15, 0.2) is 0 Å². The van der Waals surface area contributed by atoms with Crippen molar-refractivity contribution in [2.24, 2.45) is 17.6 Å². The average Bonchev–Trinajstić information content (AvgIpc) is 2.15. The predicted molar refractivity (Wildman–Crippen MR) is 36.9 cm³/mol. The zero-order valence-corrected chi connectivity index (χ0v) is 5.88. The van der Waals surface area contributed by atoms with Gasteiger partial charge in [0.2, 0.25) is 0 Å². The van der Waals surface area contributed by atoms with E-state index in [2.05, 4.69) is 6.92 Å². The summed E-state index contributed by atoms with van der Waals surface area (Å²) in [5, 5.41) is 9.24. The van der Waals surface area contributed by atoms with Crippen LogP contribution < -0.4 is 5.73 Å². The van der Waals surface area contributed by atoms with E-state index < -0.39 is 0 Å². The number of hydrogen-bond donors (Lipinski definition) is 2. The Kier molecular flexibility index (Phi) is 2.09. The first-order valence-electron chi connectivity index (χ1n) is 3.64. The maximum atomic E-state index is 9.24. The van der Waals surface area contributed by atoms with E-state index in [1.54, 1.807) is 0 Å². The molecular formula is C7H15NO. The highest BCUT2D eigenvalue weighted by Crippen LogP contribution is 2.30. The van der Waals surface area contributed by atoms with Gasteiger partial charge < -0.3 is 10.8 Å². The Labute approximate surface area is 56.1 Å². The Hall–Kier alpha value is -0.0800. The van der Waals surface area contributed by atoms with Gasteiger partial charge in [-0.05, 0) is 31.2 Å². The molecule has 2 nitrogen and oxygen atoms in total. The van der Waals surface area contributed by atoms with Crippen molar-refractivity contribution in [1.82, 2.24) is 0 Å². The van der Waals surface area contributed by atoms with Crippen LogP contribution in [-0.4, -0.2) is 17.8 Å². The van der Waals surface area contributed by atoms with Gasteiger partial charge in [0, 0.05) is 0 Å². The molecule has 1 rings (SSSR count). The second-order valence-electron chi connectivity index (χ2n) is 3.00. The SMILES string of the molecule is C[C@H]1[C@@H](CN)CC[C@@H]1O. The van der Waals surface area contributed by atoms with Crippen molar-refractivity contribution in [1.29, 1.82) is 0 Å². The van der Waals surface area contributed by atoms with E-state index in [4.69, 9.17) is 5.73 Å². The van der Waals surface area contributed by atoms with Gasteiger partial charge in [0.25, 0.3) is 0 Å². The molecule has 0 aromatic carbocycles. The Morgan fingerprint density at radius 3 is 2.44 bits per heavy atom. The van der Waals surface area contributed by atoms with E-state index in [0.717, 1.165) is 19.4 Å².